The lowest BCUT2D eigenvalue weighted by molar-refractivity contribution is 0.117. The van der Waals surface area contributed by atoms with Gasteiger partial charge < -0.3 is 4.74 Å². The summed E-state index contributed by atoms with van der Waals surface area (Å²) in [5.41, 5.74) is 2.66. The molecule has 1 aliphatic heterocycles. The molecule has 1 aromatic rings. The Balaban J connectivity index is 1.79. The molecule has 0 bridgehead atoms. The fraction of sp³-hybridized carbons (Fsp3) is 0.647. The number of nitrogens with zero attached hydrogens (tertiary/aromatic N) is 3. The molecule has 0 spiro atoms. The van der Waals surface area contributed by atoms with Crippen LogP contribution in [0.1, 0.15) is 50.0 Å². The summed E-state index contributed by atoms with van der Waals surface area (Å²) < 4.78 is 5.34. The van der Waals surface area contributed by atoms with Gasteiger partial charge in [0.25, 0.3) is 0 Å². The third-order valence-corrected chi connectivity index (χ3v) is 4.63. The second-order valence-corrected chi connectivity index (χ2v) is 6.09. The maximum Gasteiger partial charge on any atom is 0.0704 e. The average molecular weight is 287 g/mol. The maximum atomic E-state index is 5.34. The van der Waals surface area contributed by atoms with E-state index in [9.17, 15) is 0 Å². The molecular formula is C17H25N3O. The van der Waals surface area contributed by atoms with Crippen LogP contribution in [0.3, 0.4) is 0 Å². The van der Waals surface area contributed by atoms with E-state index in [2.05, 4.69) is 16.1 Å². The minimum Gasteiger partial charge on any atom is -0.382 e. The van der Waals surface area contributed by atoms with Gasteiger partial charge in [-0.15, -0.1) is 0 Å². The van der Waals surface area contributed by atoms with E-state index in [4.69, 9.17) is 9.84 Å². The van der Waals surface area contributed by atoms with Crippen molar-refractivity contribution in [2.45, 2.75) is 50.5 Å². The Labute approximate surface area is 127 Å². The number of hydrazone groups is 1. The number of hydrogen-bond donors (Lipinski definition) is 0. The summed E-state index contributed by atoms with van der Waals surface area (Å²) in [6.45, 7) is 1.85. The molecule has 1 aliphatic carbocycles. The van der Waals surface area contributed by atoms with Gasteiger partial charge in [-0.25, -0.2) is 0 Å². The zero-order chi connectivity index (χ0) is 14.5. The largest absolute Gasteiger partial charge is 0.382 e. The van der Waals surface area contributed by atoms with Gasteiger partial charge in [0.15, 0.2) is 0 Å². The number of ether oxygens (including phenoxy) is 1. The van der Waals surface area contributed by atoms with Gasteiger partial charge >= 0.3 is 0 Å². The number of aromatic nitrogens is 1. The first-order chi connectivity index (χ1) is 10.4. The van der Waals surface area contributed by atoms with Crippen LogP contribution in [0.25, 0.3) is 0 Å². The van der Waals surface area contributed by atoms with Crippen LogP contribution in [0.15, 0.2) is 29.6 Å². The lowest BCUT2D eigenvalue weighted by Crippen LogP contribution is -2.31. The molecule has 1 saturated heterocycles. The minimum atomic E-state index is 0.455. The molecule has 1 aromatic heterocycles. The fourth-order valence-electron chi connectivity index (χ4n) is 3.54. The van der Waals surface area contributed by atoms with Crippen LogP contribution in [-0.4, -0.2) is 42.0 Å². The van der Waals surface area contributed by atoms with E-state index >= 15 is 0 Å². The molecule has 2 heterocycles. The van der Waals surface area contributed by atoms with Crippen molar-refractivity contribution >= 4 is 5.71 Å². The normalized spacial score (nSPS) is 28.2. The molecule has 1 saturated carbocycles. The molecular weight excluding hydrogens is 262 g/mol. The van der Waals surface area contributed by atoms with E-state index in [1.54, 1.807) is 7.11 Å². The lowest BCUT2D eigenvalue weighted by atomic mass is 9.83. The smallest absolute Gasteiger partial charge is 0.0704 e. The van der Waals surface area contributed by atoms with Crippen LogP contribution in [0.2, 0.25) is 0 Å². The highest BCUT2D eigenvalue weighted by atomic mass is 16.5. The van der Waals surface area contributed by atoms with E-state index in [1.165, 1.54) is 43.4 Å². The highest BCUT2D eigenvalue weighted by Crippen LogP contribution is 2.31. The molecule has 0 aromatic carbocycles. The van der Waals surface area contributed by atoms with Crippen molar-refractivity contribution in [3.05, 3.63) is 30.1 Å². The molecule has 0 unspecified atom stereocenters. The summed E-state index contributed by atoms with van der Waals surface area (Å²) in [6.07, 6.45) is 11.1. The summed E-state index contributed by atoms with van der Waals surface area (Å²) in [6, 6.07) is 4.68. The van der Waals surface area contributed by atoms with Crippen LogP contribution < -0.4 is 0 Å². The summed E-state index contributed by atoms with van der Waals surface area (Å²) in [7, 11) is 1.78. The molecule has 2 aliphatic rings. The molecule has 0 N–H and O–H groups in total. The zero-order valence-corrected chi connectivity index (χ0v) is 12.9. The Morgan fingerprint density at radius 1 is 1.33 bits per heavy atom. The van der Waals surface area contributed by atoms with Gasteiger partial charge in [0.1, 0.15) is 0 Å². The molecule has 0 radical (unpaired) electrons. The van der Waals surface area contributed by atoms with Crippen LogP contribution >= 0.6 is 0 Å². The van der Waals surface area contributed by atoms with E-state index in [-0.39, 0.29) is 0 Å². The van der Waals surface area contributed by atoms with Crippen LogP contribution in [0.4, 0.5) is 0 Å². The van der Waals surface area contributed by atoms with Crippen molar-refractivity contribution in [2.75, 3.05) is 20.3 Å². The standard InChI is InChI=1S/C17H25N3O/c1-21-13-15-7-5-11-20(15)19-17-9-3-2-8-16(17)14-6-4-10-18-12-14/h4,6,10,12,15-16H,2-3,5,7-9,11,13H2,1H3/t15-,16-/m1/s1. The lowest BCUT2D eigenvalue weighted by Gasteiger charge is -2.28. The van der Waals surface area contributed by atoms with Gasteiger partial charge in [0.05, 0.1) is 12.6 Å². The van der Waals surface area contributed by atoms with Crippen molar-refractivity contribution in [3.63, 3.8) is 0 Å². The molecule has 3 rings (SSSR count). The molecule has 0 amide bonds. The zero-order valence-electron chi connectivity index (χ0n) is 12.9. The van der Waals surface area contributed by atoms with Crippen LogP contribution in [0.5, 0.6) is 0 Å². The predicted molar refractivity (Wildman–Crippen MR) is 84.5 cm³/mol. The fourth-order valence-corrected chi connectivity index (χ4v) is 3.54. The van der Waals surface area contributed by atoms with E-state index < -0.39 is 0 Å². The maximum absolute atomic E-state index is 5.34. The molecule has 2 fully saturated rings. The van der Waals surface area contributed by atoms with Crippen molar-refractivity contribution < 1.29 is 4.74 Å². The van der Waals surface area contributed by atoms with Crippen LogP contribution in [0, 0.1) is 0 Å². The third kappa shape index (κ3) is 3.43. The van der Waals surface area contributed by atoms with Crippen molar-refractivity contribution in [1.29, 1.82) is 0 Å². The Morgan fingerprint density at radius 3 is 3.10 bits per heavy atom. The van der Waals surface area contributed by atoms with Gasteiger partial charge in [-0.1, -0.05) is 12.5 Å². The Bertz CT molecular complexity index is 474. The van der Waals surface area contributed by atoms with Crippen molar-refractivity contribution in [3.8, 4) is 0 Å². The highest BCUT2D eigenvalue weighted by molar-refractivity contribution is 5.91. The number of hydrogen-bond acceptors (Lipinski definition) is 4. The van der Waals surface area contributed by atoms with Crippen molar-refractivity contribution in [1.82, 2.24) is 9.99 Å². The summed E-state index contributed by atoms with van der Waals surface area (Å²) in [5.74, 6) is 0.455. The molecule has 2 atom stereocenters. The average Bonchev–Trinajstić information content (AvgIpc) is 2.96. The molecule has 4 heteroatoms. The van der Waals surface area contributed by atoms with E-state index in [0.29, 0.717) is 12.0 Å². The Kier molecular flexibility index (Phi) is 4.86. The molecule has 114 valence electrons. The Hall–Kier alpha value is -1.42. The second kappa shape index (κ2) is 7.03. The third-order valence-electron chi connectivity index (χ3n) is 4.63. The summed E-state index contributed by atoms with van der Waals surface area (Å²) >= 11 is 0. The first-order valence-electron chi connectivity index (χ1n) is 8.11. The Morgan fingerprint density at radius 2 is 2.29 bits per heavy atom. The summed E-state index contributed by atoms with van der Waals surface area (Å²) in [4.78, 5) is 4.28. The minimum absolute atomic E-state index is 0.455. The highest BCUT2D eigenvalue weighted by Gasteiger charge is 2.27. The number of methoxy groups -OCH3 is 1. The number of pyridine rings is 1. The monoisotopic (exact) mass is 287 g/mol. The van der Waals surface area contributed by atoms with Gasteiger partial charge in [0, 0.05) is 37.7 Å². The molecule has 4 nitrogen and oxygen atoms in total. The van der Waals surface area contributed by atoms with Crippen molar-refractivity contribution in [2.24, 2.45) is 5.10 Å². The van der Waals surface area contributed by atoms with Gasteiger partial charge in [-0.05, 0) is 43.7 Å². The van der Waals surface area contributed by atoms with Gasteiger partial charge in [-0.2, -0.15) is 5.10 Å². The van der Waals surface area contributed by atoms with Gasteiger partial charge in [-0.3, -0.25) is 9.99 Å². The topological polar surface area (TPSA) is 37.7 Å². The van der Waals surface area contributed by atoms with Crippen LogP contribution in [-0.2, 0) is 4.74 Å². The summed E-state index contributed by atoms with van der Waals surface area (Å²) in [5, 5.41) is 7.31. The SMILES string of the molecule is COC[C@H]1CCCN1N=C1CCCC[C@@H]1c1cccnc1. The van der Waals surface area contributed by atoms with Gasteiger partial charge in [0.2, 0.25) is 0 Å². The van der Waals surface area contributed by atoms with E-state index in [0.717, 1.165) is 19.6 Å². The second-order valence-electron chi connectivity index (χ2n) is 6.09. The number of rotatable bonds is 4. The predicted octanol–water partition coefficient (Wildman–Crippen LogP) is 3.21. The first kappa shape index (κ1) is 14.5. The quantitative estimate of drug-likeness (QED) is 0.853. The van der Waals surface area contributed by atoms with E-state index in [1.807, 2.05) is 18.5 Å². The molecule has 21 heavy (non-hydrogen) atoms. The first-order valence-corrected chi connectivity index (χ1v) is 8.11.